The van der Waals surface area contributed by atoms with Gasteiger partial charge in [-0.1, -0.05) is 13.8 Å². The van der Waals surface area contributed by atoms with Crippen LogP contribution < -0.4 is 0 Å². The summed E-state index contributed by atoms with van der Waals surface area (Å²) in [4.78, 5) is 15.8. The van der Waals surface area contributed by atoms with E-state index in [4.69, 9.17) is 0 Å². The van der Waals surface area contributed by atoms with Crippen molar-refractivity contribution in [2.24, 2.45) is 0 Å². The Morgan fingerprint density at radius 2 is 1.65 bits per heavy atom. The van der Waals surface area contributed by atoms with Crippen LogP contribution in [0.3, 0.4) is 0 Å². The van der Waals surface area contributed by atoms with Crippen LogP contribution in [0.5, 0.6) is 0 Å². The average molecular weight is 244 g/mol. The lowest BCUT2D eigenvalue weighted by Crippen LogP contribution is -2.44. The van der Waals surface area contributed by atoms with Gasteiger partial charge in [-0.05, 0) is 33.7 Å². The topological polar surface area (TPSA) is 43.8 Å². The molecule has 1 N–H and O–H groups in total. The smallest absolute Gasteiger partial charge is 0.236 e. The highest BCUT2D eigenvalue weighted by atomic mass is 16.3. The van der Waals surface area contributed by atoms with E-state index in [1.165, 1.54) is 0 Å². The van der Waals surface area contributed by atoms with E-state index in [0.717, 1.165) is 25.9 Å². The van der Waals surface area contributed by atoms with Gasteiger partial charge in [0.05, 0.1) is 12.1 Å². The number of carbonyl (C=O) groups excluding carboxylic acids is 1. The quantitative estimate of drug-likeness (QED) is 0.700. The van der Waals surface area contributed by atoms with E-state index in [-0.39, 0.29) is 5.91 Å². The molecule has 0 saturated carbocycles. The Morgan fingerprint density at radius 1 is 1.18 bits per heavy atom. The van der Waals surface area contributed by atoms with Gasteiger partial charge in [0.2, 0.25) is 5.91 Å². The van der Waals surface area contributed by atoms with Crippen LogP contribution in [0.2, 0.25) is 0 Å². The van der Waals surface area contributed by atoms with E-state index in [2.05, 4.69) is 13.8 Å². The predicted octanol–water partition coefficient (Wildman–Crippen LogP) is 1.34. The highest BCUT2D eigenvalue weighted by Crippen LogP contribution is 2.04. The zero-order valence-corrected chi connectivity index (χ0v) is 12.0. The fourth-order valence-corrected chi connectivity index (χ4v) is 1.95. The van der Waals surface area contributed by atoms with Crippen molar-refractivity contribution in [2.75, 3.05) is 33.2 Å². The number of aliphatic hydroxyl groups is 1. The fraction of sp³-hybridized carbons (Fsp3) is 0.923. The first-order chi connectivity index (χ1) is 7.80. The van der Waals surface area contributed by atoms with Gasteiger partial charge in [0.1, 0.15) is 0 Å². The Bertz CT molecular complexity index is 218. The fourth-order valence-electron chi connectivity index (χ4n) is 1.95. The minimum atomic E-state index is -0.755. The molecule has 0 heterocycles. The molecule has 0 aromatic carbocycles. The Kier molecular flexibility index (Phi) is 7.39. The van der Waals surface area contributed by atoms with Gasteiger partial charge in [0.25, 0.3) is 0 Å². The van der Waals surface area contributed by atoms with Crippen molar-refractivity contribution < 1.29 is 9.90 Å². The molecule has 0 rings (SSSR count). The van der Waals surface area contributed by atoms with E-state index in [9.17, 15) is 9.90 Å². The standard InChI is InChI=1S/C13H28N2O2/c1-6-8-15(9-7-2)12(16)10-14(5)11-13(3,4)17/h17H,6-11H2,1-5H3. The van der Waals surface area contributed by atoms with Crippen molar-refractivity contribution in [3.05, 3.63) is 0 Å². The summed E-state index contributed by atoms with van der Waals surface area (Å²) < 4.78 is 0. The molecule has 0 aromatic rings. The molecule has 0 aliphatic carbocycles. The van der Waals surface area contributed by atoms with Gasteiger partial charge in [-0.2, -0.15) is 0 Å². The Labute approximate surface area is 106 Å². The third kappa shape index (κ3) is 8.16. The van der Waals surface area contributed by atoms with Crippen LogP contribution in [0.1, 0.15) is 40.5 Å². The number of hydrogen-bond acceptors (Lipinski definition) is 3. The Balaban J connectivity index is 4.19. The average Bonchev–Trinajstić information content (AvgIpc) is 2.14. The molecule has 102 valence electrons. The molecule has 0 radical (unpaired) electrons. The lowest BCUT2D eigenvalue weighted by atomic mass is 10.1. The van der Waals surface area contributed by atoms with Crippen molar-refractivity contribution in [2.45, 2.75) is 46.1 Å². The van der Waals surface area contributed by atoms with Crippen LogP contribution in [0.4, 0.5) is 0 Å². The molecule has 0 fully saturated rings. The van der Waals surface area contributed by atoms with Crippen LogP contribution in [-0.2, 0) is 4.79 Å². The maximum absolute atomic E-state index is 12.0. The molecular formula is C13H28N2O2. The normalized spacial score (nSPS) is 11.9. The first-order valence-electron chi connectivity index (χ1n) is 6.48. The second kappa shape index (κ2) is 7.67. The van der Waals surface area contributed by atoms with E-state index in [1.807, 2.05) is 16.8 Å². The molecule has 0 aromatic heterocycles. The van der Waals surface area contributed by atoms with Crippen LogP contribution >= 0.6 is 0 Å². The summed E-state index contributed by atoms with van der Waals surface area (Å²) in [5.74, 6) is 0.153. The Hall–Kier alpha value is -0.610. The second-order valence-electron chi connectivity index (χ2n) is 5.37. The summed E-state index contributed by atoms with van der Waals surface area (Å²) in [5.41, 5.74) is -0.755. The molecule has 0 atom stereocenters. The van der Waals surface area contributed by atoms with E-state index in [0.29, 0.717) is 13.1 Å². The van der Waals surface area contributed by atoms with Crippen molar-refractivity contribution in [3.63, 3.8) is 0 Å². The summed E-state index contributed by atoms with van der Waals surface area (Å²) in [6.07, 6.45) is 1.97. The zero-order valence-electron chi connectivity index (χ0n) is 12.0. The molecule has 0 aliphatic heterocycles. The molecule has 0 spiro atoms. The molecule has 17 heavy (non-hydrogen) atoms. The lowest BCUT2D eigenvalue weighted by Gasteiger charge is -2.28. The second-order valence-corrected chi connectivity index (χ2v) is 5.37. The molecule has 1 amide bonds. The number of amides is 1. The molecule has 4 heteroatoms. The summed E-state index contributed by atoms with van der Waals surface area (Å²) in [5, 5.41) is 9.68. The van der Waals surface area contributed by atoms with Crippen LogP contribution in [0, 0.1) is 0 Å². The van der Waals surface area contributed by atoms with Gasteiger partial charge in [-0.25, -0.2) is 0 Å². The zero-order chi connectivity index (χ0) is 13.5. The largest absolute Gasteiger partial charge is 0.389 e. The summed E-state index contributed by atoms with van der Waals surface area (Å²) in [7, 11) is 1.87. The Morgan fingerprint density at radius 3 is 2.00 bits per heavy atom. The number of rotatable bonds is 8. The molecule has 0 unspecified atom stereocenters. The number of likely N-dealkylation sites (N-methyl/N-ethyl adjacent to an activating group) is 1. The predicted molar refractivity (Wildman–Crippen MR) is 71.0 cm³/mol. The van der Waals surface area contributed by atoms with Crippen molar-refractivity contribution in [1.29, 1.82) is 0 Å². The third-order valence-corrected chi connectivity index (χ3v) is 2.40. The van der Waals surface area contributed by atoms with Crippen LogP contribution in [-0.4, -0.2) is 59.6 Å². The number of hydrogen-bond donors (Lipinski definition) is 1. The first kappa shape index (κ1) is 16.4. The number of carbonyl (C=O) groups is 1. The highest BCUT2D eigenvalue weighted by Gasteiger charge is 2.19. The third-order valence-electron chi connectivity index (χ3n) is 2.40. The van der Waals surface area contributed by atoms with E-state index in [1.54, 1.807) is 13.8 Å². The maximum Gasteiger partial charge on any atom is 0.236 e. The molecule has 4 nitrogen and oxygen atoms in total. The monoisotopic (exact) mass is 244 g/mol. The van der Waals surface area contributed by atoms with Crippen molar-refractivity contribution >= 4 is 5.91 Å². The summed E-state index contributed by atoms with van der Waals surface area (Å²) in [6, 6.07) is 0. The van der Waals surface area contributed by atoms with Crippen molar-refractivity contribution in [1.82, 2.24) is 9.80 Å². The van der Waals surface area contributed by atoms with Gasteiger partial charge in [0, 0.05) is 19.6 Å². The summed E-state index contributed by atoms with van der Waals surface area (Å²) >= 11 is 0. The van der Waals surface area contributed by atoms with Crippen molar-refractivity contribution in [3.8, 4) is 0 Å². The molecule has 0 aliphatic rings. The summed E-state index contributed by atoms with van der Waals surface area (Å²) in [6.45, 7) is 10.2. The van der Waals surface area contributed by atoms with Gasteiger partial charge >= 0.3 is 0 Å². The SMILES string of the molecule is CCCN(CCC)C(=O)CN(C)CC(C)(C)O. The maximum atomic E-state index is 12.0. The van der Waals surface area contributed by atoms with Gasteiger partial charge in [-0.3, -0.25) is 9.69 Å². The van der Waals surface area contributed by atoms with Gasteiger partial charge < -0.3 is 10.0 Å². The van der Waals surface area contributed by atoms with Crippen LogP contribution in [0.15, 0.2) is 0 Å². The lowest BCUT2D eigenvalue weighted by molar-refractivity contribution is -0.132. The minimum Gasteiger partial charge on any atom is -0.389 e. The molecular weight excluding hydrogens is 216 g/mol. The molecule has 0 bridgehead atoms. The van der Waals surface area contributed by atoms with Crippen LogP contribution in [0.25, 0.3) is 0 Å². The minimum absolute atomic E-state index is 0.153. The van der Waals surface area contributed by atoms with E-state index < -0.39 is 5.60 Å². The number of nitrogens with zero attached hydrogens (tertiary/aromatic N) is 2. The first-order valence-corrected chi connectivity index (χ1v) is 6.48. The molecule has 0 saturated heterocycles. The highest BCUT2D eigenvalue weighted by molar-refractivity contribution is 5.78. The van der Waals surface area contributed by atoms with E-state index >= 15 is 0 Å². The van der Waals surface area contributed by atoms with Gasteiger partial charge in [-0.15, -0.1) is 0 Å². The van der Waals surface area contributed by atoms with Gasteiger partial charge in [0.15, 0.2) is 0 Å².